The van der Waals surface area contributed by atoms with Crippen LogP contribution in [0, 0.1) is 0 Å². The summed E-state index contributed by atoms with van der Waals surface area (Å²) in [4.78, 5) is 33.6. The maximum absolute atomic E-state index is 13.8. The number of ketones is 1. The van der Waals surface area contributed by atoms with E-state index in [1.54, 1.807) is 55.6 Å². The number of ether oxygens (including phenoxy) is 5. The number of hydrogen-bond acceptors (Lipinski definition) is 10. The van der Waals surface area contributed by atoms with Crippen LogP contribution in [0.3, 0.4) is 0 Å². The molecule has 3 aromatic carbocycles. The molecular formula is C33H32N2O8S. The van der Waals surface area contributed by atoms with Gasteiger partial charge in [0.25, 0.3) is 5.78 Å². The smallest absolute Gasteiger partial charge is 0.301 e. The number of benzene rings is 3. The summed E-state index contributed by atoms with van der Waals surface area (Å²) in [6.07, 6.45) is 1.86. The van der Waals surface area contributed by atoms with E-state index in [4.69, 9.17) is 28.7 Å². The standard InChI is InChI=1S/C33H32N2O8S/c1-4-6-13-41-23-11-7-19(16-25(23)40-5-2)29-28(30(36)20-8-12-24-26(17-20)43-15-14-42-24)31(37)32(38)35(29)33-34-22-10-9-21(39-3)18-27(22)44-33/h7-12,16-18,29,36H,4-6,13-15H2,1-3H3/b30-28+/t29-/m0/s1. The predicted molar refractivity (Wildman–Crippen MR) is 166 cm³/mol. The van der Waals surface area contributed by atoms with Crippen LogP contribution in [0.25, 0.3) is 16.0 Å². The molecule has 0 spiro atoms. The Morgan fingerprint density at radius 2 is 1.82 bits per heavy atom. The van der Waals surface area contributed by atoms with Crippen molar-refractivity contribution in [3.63, 3.8) is 0 Å². The van der Waals surface area contributed by atoms with Gasteiger partial charge >= 0.3 is 5.91 Å². The van der Waals surface area contributed by atoms with Crippen LogP contribution in [0.2, 0.25) is 0 Å². The predicted octanol–water partition coefficient (Wildman–Crippen LogP) is 6.28. The SMILES string of the molecule is CCCCOc1ccc([C@H]2/C(=C(\O)c3ccc4c(c3)OCCO4)C(=O)C(=O)N2c2nc3ccc(OC)cc3s2)cc1OCC. The zero-order chi connectivity index (χ0) is 30.8. The third-order valence-corrected chi connectivity index (χ3v) is 8.41. The first-order valence-electron chi connectivity index (χ1n) is 14.5. The molecule has 2 aliphatic rings. The Bertz CT molecular complexity index is 1760. The first kappa shape index (κ1) is 29.3. The molecule has 1 atom stereocenters. The van der Waals surface area contributed by atoms with Crippen molar-refractivity contribution >= 4 is 44.1 Å². The molecule has 10 nitrogen and oxygen atoms in total. The van der Waals surface area contributed by atoms with Crippen molar-refractivity contribution in [3.05, 3.63) is 71.3 Å². The molecule has 1 amide bonds. The molecule has 0 aliphatic carbocycles. The summed E-state index contributed by atoms with van der Waals surface area (Å²) in [7, 11) is 1.57. The number of methoxy groups -OCH3 is 1. The lowest BCUT2D eigenvalue weighted by Crippen LogP contribution is -2.29. The average Bonchev–Trinajstić information content (AvgIpc) is 3.58. The van der Waals surface area contributed by atoms with Gasteiger partial charge < -0.3 is 28.8 Å². The molecule has 0 radical (unpaired) electrons. The van der Waals surface area contributed by atoms with E-state index in [9.17, 15) is 14.7 Å². The second-order valence-electron chi connectivity index (χ2n) is 10.2. The zero-order valence-corrected chi connectivity index (χ0v) is 25.4. The largest absolute Gasteiger partial charge is 0.507 e. The molecule has 2 aliphatic heterocycles. The first-order chi connectivity index (χ1) is 21.4. The molecule has 4 aromatic rings. The lowest BCUT2D eigenvalue weighted by atomic mass is 9.95. The fraction of sp³-hybridized carbons (Fsp3) is 0.303. The number of carbonyl (C=O) groups is 2. The highest BCUT2D eigenvalue weighted by Gasteiger charge is 2.48. The summed E-state index contributed by atoms with van der Waals surface area (Å²) < 4.78 is 29.4. The molecule has 1 aromatic heterocycles. The Morgan fingerprint density at radius 3 is 2.59 bits per heavy atom. The van der Waals surface area contributed by atoms with Gasteiger partial charge in [-0.2, -0.15) is 0 Å². The Hall–Kier alpha value is -4.77. The number of Topliss-reactive ketones (excluding diaryl/α,β-unsaturated/α-hetero) is 1. The van der Waals surface area contributed by atoms with Crippen molar-refractivity contribution in [2.45, 2.75) is 32.7 Å². The summed E-state index contributed by atoms with van der Waals surface area (Å²) in [5, 5.41) is 12.0. The van der Waals surface area contributed by atoms with Gasteiger partial charge in [-0.05, 0) is 67.4 Å². The highest BCUT2D eigenvalue weighted by molar-refractivity contribution is 7.22. The number of hydrogen-bond donors (Lipinski definition) is 1. The summed E-state index contributed by atoms with van der Waals surface area (Å²) in [5.74, 6) is 0.677. The third-order valence-electron chi connectivity index (χ3n) is 7.39. The van der Waals surface area contributed by atoms with Crippen molar-refractivity contribution in [2.24, 2.45) is 0 Å². The van der Waals surface area contributed by atoms with Crippen molar-refractivity contribution < 1.29 is 38.4 Å². The van der Waals surface area contributed by atoms with Crippen LogP contribution in [0.15, 0.2) is 60.2 Å². The van der Waals surface area contributed by atoms with Gasteiger partial charge in [-0.1, -0.05) is 30.7 Å². The Morgan fingerprint density at radius 1 is 1.00 bits per heavy atom. The maximum atomic E-state index is 13.8. The monoisotopic (exact) mass is 616 g/mol. The highest BCUT2D eigenvalue weighted by Crippen LogP contribution is 2.46. The van der Waals surface area contributed by atoms with Crippen LogP contribution in [0.1, 0.15) is 43.9 Å². The molecule has 6 rings (SSSR count). The number of aliphatic hydroxyl groups excluding tert-OH is 1. The van der Waals surface area contributed by atoms with Gasteiger partial charge in [-0.3, -0.25) is 14.5 Å². The van der Waals surface area contributed by atoms with Crippen LogP contribution in [-0.4, -0.2) is 55.3 Å². The second kappa shape index (κ2) is 12.5. The van der Waals surface area contributed by atoms with Gasteiger partial charge in [0.1, 0.15) is 24.7 Å². The minimum Gasteiger partial charge on any atom is -0.507 e. The van der Waals surface area contributed by atoms with Gasteiger partial charge in [0.05, 0.1) is 42.2 Å². The summed E-state index contributed by atoms with van der Waals surface area (Å²) in [5.41, 5.74) is 1.43. The van der Waals surface area contributed by atoms with E-state index in [2.05, 4.69) is 6.92 Å². The van der Waals surface area contributed by atoms with Gasteiger partial charge in [-0.25, -0.2) is 4.98 Å². The number of thiazole rings is 1. The van der Waals surface area contributed by atoms with Crippen molar-refractivity contribution in [2.75, 3.05) is 38.4 Å². The number of amides is 1. The fourth-order valence-corrected chi connectivity index (χ4v) is 6.24. The molecule has 0 unspecified atom stereocenters. The third kappa shape index (κ3) is 5.39. The fourth-order valence-electron chi connectivity index (χ4n) is 5.22. The average molecular weight is 617 g/mol. The molecule has 1 fully saturated rings. The second-order valence-corrected chi connectivity index (χ2v) is 11.2. The van der Waals surface area contributed by atoms with E-state index in [1.807, 2.05) is 13.0 Å². The Balaban J connectivity index is 1.51. The van der Waals surface area contributed by atoms with Crippen molar-refractivity contribution in [1.29, 1.82) is 0 Å². The van der Waals surface area contributed by atoms with Crippen LogP contribution < -0.4 is 28.6 Å². The number of carbonyl (C=O) groups excluding carboxylic acids is 2. The van der Waals surface area contributed by atoms with Gasteiger partial charge in [0, 0.05) is 5.56 Å². The van der Waals surface area contributed by atoms with E-state index < -0.39 is 17.7 Å². The molecule has 1 N–H and O–H groups in total. The zero-order valence-electron chi connectivity index (χ0n) is 24.6. The topological polar surface area (TPSA) is 117 Å². The van der Waals surface area contributed by atoms with Crippen LogP contribution in [0.4, 0.5) is 5.13 Å². The molecular weight excluding hydrogens is 584 g/mol. The van der Waals surface area contributed by atoms with E-state index in [0.29, 0.717) is 77.0 Å². The van der Waals surface area contributed by atoms with Crippen molar-refractivity contribution in [3.8, 4) is 28.7 Å². The summed E-state index contributed by atoms with van der Waals surface area (Å²) in [6, 6.07) is 14.6. The minimum absolute atomic E-state index is 0.0781. The van der Waals surface area contributed by atoms with E-state index in [-0.39, 0.29) is 11.3 Å². The molecule has 3 heterocycles. The molecule has 0 bridgehead atoms. The van der Waals surface area contributed by atoms with E-state index in [1.165, 1.54) is 16.2 Å². The van der Waals surface area contributed by atoms with Gasteiger partial charge in [0.15, 0.2) is 28.1 Å². The molecule has 228 valence electrons. The number of aliphatic hydroxyl groups is 1. The number of unbranched alkanes of at least 4 members (excludes halogenated alkanes) is 1. The highest BCUT2D eigenvalue weighted by atomic mass is 32.1. The van der Waals surface area contributed by atoms with Crippen molar-refractivity contribution in [1.82, 2.24) is 4.98 Å². The Kier molecular flexibility index (Phi) is 8.30. The quantitative estimate of drug-likeness (QED) is 0.0951. The molecule has 0 saturated carbocycles. The lowest BCUT2D eigenvalue weighted by Gasteiger charge is -2.24. The first-order valence-corrected chi connectivity index (χ1v) is 15.3. The van der Waals surface area contributed by atoms with Crippen LogP contribution >= 0.6 is 11.3 Å². The van der Waals surface area contributed by atoms with Gasteiger partial charge in [0.2, 0.25) is 0 Å². The lowest BCUT2D eigenvalue weighted by molar-refractivity contribution is -0.132. The number of rotatable bonds is 10. The Labute approximate surface area is 258 Å². The maximum Gasteiger partial charge on any atom is 0.301 e. The van der Waals surface area contributed by atoms with Crippen LogP contribution in [-0.2, 0) is 9.59 Å². The summed E-state index contributed by atoms with van der Waals surface area (Å²) >= 11 is 1.25. The molecule has 1 saturated heterocycles. The number of aromatic nitrogens is 1. The molecule has 11 heteroatoms. The van der Waals surface area contributed by atoms with Crippen LogP contribution in [0.5, 0.6) is 28.7 Å². The summed E-state index contributed by atoms with van der Waals surface area (Å²) in [6.45, 7) is 5.62. The van der Waals surface area contributed by atoms with E-state index in [0.717, 1.165) is 17.5 Å². The number of anilines is 1. The van der Waals surface area contributed by atoms with E-state index >= 15 is 0 Å². The van der Waals surface area contributed by atoms with Gasteiger partial charge in [-0.15, -0.1) is 0 Å². The number of nitrogens with zero attached hydrogens (tertiary/aromatic N) is 2. The number of fused-ring (bicyclic) bond motifs is 2. The molecule has 44 heavy (non-hydrogen) atoms. The normalized spacial score (nSPS) is 17.2. The minimum atomic E-state index is -1.01.